The third-order valence-corrected chi connectivity index (χ3v) is 4.03. The number of rotatable bonds is 6. The third kappa shape index (κ3) is 3.90. The summed E-state index contributed by atoms with van der Waals surface area (Å²) < 4.78 is 5.60. The Hall–Kier alpha value is -2.34. The van der Waals surface area contributed by atoms with Gasteiger partial charge in [0, 0.05) is 18.8 Å². The molecule has 23 heavy (non-hydrogen) atoms. The minimum atomic E-state index is 0.238. The second-order valence-electron chi connectivity index (χ2n) is 5.68. The SMILES string of the molecule is CCc1ccc(Nc2ncnc(NCC3CCCO3)c2N)cc1. The van der Waals surface area contributed by atoms with Crippen molar-refractivity contribution in [2.45, 2.75) is 32.3 Å². The van der Waals surface area contributed by atoms with E-state index in [-0.39, 0.29) is 6.10 Å². The van der Waals surface area contributed by atoms with E-state index in [4.69, 9.17) is 10.5 Å². The third-order valence-electron chi connectivity index (χ3n) is 4.03. The minimum absolute atomic E-state index is 0.238. The van der Waals surface area contributed by atoms with Crippen LogP contribution in [0.15, 0.2) is 30.6 Å². The molecule has 0 spiro atoms. The van der Waals surface area contributed by atoms with E-state index < -0.39 is 0 Å². The molecular formula is C17H23N5O. The first-order valence-corrected chi connectivity index (χ1v) is 8.08. The van der Waals surface area contributed by atoms with E-state index in [0.29, 0.717) is 23.9 Å². The van der Waals surface area contributed by atoms with Crippen LogP contribution in [0.5, 0.6) is 0 Å². The molecule has 1 aromatic heterocycles. The summed E-state index contributed by atoms with van der Waals surface area (Å²) in [4.78, 5) is 8.46. The molecule has 0 bridgehead atoms. The van der Waals surface area contributed by atoms with E-state index in [1.807, 2.05) is 12.1 Å². The summed E-state index contributed by atoms with van der Waals surface area (Å²) in [6, 6.07) is 8.24. The number of hydrogen-bond donors (Lipinski definition) is 3. The summed E-state index contributed by atoms with van der Waals surface area (Å²) in [7, 11) is 0. The molecule has 4 N–H and O–H groups in total. The predicted octanol–water partition coefficient (Wildman–Crippen LogP) is 2.96. The van der Waals surface area contributed by atoms with Crippen molar-refractivity contribution in [1.82, 2.24) is 9.97 Å². The molecule has 0 radical (unpaired) electrons. The average molecular weight is 313 g/mol. The Bertz CT molecular complexity index is 638. The van der Waals surface area contributed by atoms with Gasteiger partial charge >= 0.3 is 0 Å². The fourth-order valence-electron chi connectivity index (χ4n) is 2.61. The number of nitrogen functional groups attached to an aromatic ring is 1. The average Bonchev–Trinajstić information content (AvgIpc) is 3.10. The van der Waals surface area contributed by atoms with E-state index in [1.165, 1.54) is 11.9 Å². The molecule has 6 heteroatoms. The Kier molecular flexibility index (Phi) is 4.92. The zero-order valence-corrected chi connectivity index (χ0v) is 13.4. The molecule has 1 saturated heterocycles. The van der Waals surface area contributed by atoms with Gasteiger partial charge in [-0.1, -0.05) is 19.1 Å². The van der Waals surface area contributed by atoms with Gasteiger partial charge in [-0.05, 0) is 37.0 Å². The number of aryl methyl sites for hydroxylation is 1. The monoisotopic (exact) mass is 313 g/mol. The standard InChI is InChI=1S/C17H23N5O/c1-2-12-5-7-13(8-6-12)22-17-15(18)16(20-11-21-17)19-10-14-4-3-9-23-14/h5-8,11,14H,2-4,9-10,18H2,1H3,(H2,19,20,21,22). The molecule has 2 aromatic rings. The van der Waals surface area contributed by atoms with E-state index >= 15 is 0 Å². The quantitative estimate of drug-likeness (QED) is 0.760. The number of nitrogens with one attached hydrogen (secondary N) is 2. The van der Waals surface area contributed by atoms with E-state index in [0.717, 1.165) is 31.6 Å². The molecule has 1 aliphatic rings. The van der Waals surface area contributed by atoms with Crippen molar-refractivity contribution >= 4 is 23.0 Å². The maximum atomic E-state index is 6.18. The van der Waals surface area contributed by atoms with Gasteiger partial charge in [0.2, 0.25) is 0 Å². The number of anilines is 4. The number of nitrogens with two attached hydrogens (primary N) is 1. The lowest BCUT2D eigenvalue weighted by Gasteiger charge is -2.15. The second-order valence-corrected chi connectivity index (χ2v) is 5.68. The van der Waals surface area contributed by atoms with Crippen molar-refractivity contribution in [3.8, 4) is 0 Å². The van der Waals surface area contributed by atoms with Gasteiger partial charge in [-0.15, -0.1) is 0 Å². The molecule has 122 valence electrons. The fraction of sp³-hybridized carbons (Fsp3) is 0.412. The van der Waals surface area contributed by atoms with E-state index in [2.05, 4.69) is 39.7 Å². The van der Waals surface area contributed by atoms with Gasteiger partial charge in [-0.2, -0.15) is 0 Å². The molecule has 1 aliphatic heterocycles. The van der Waals surface area contributed by atoms with Gasteiger partial charge < -0.3 is 21.1 Å². The molecule has 1 atom stereocenters. The first-order valence-electron chi connectivity index (χ1n) is 8.08. The maximum Gasteiger partial charge on any atom is 0.159 e. The number of aromatic nitrogens is 2. The van der Waals surface area contributed by atoms with E-state index in [9.17, 15) is 0 Å². The smallest absolute Gasteiger partial charge is 0.159 e. The first kappa shape index (κ1) is 15.6. The molecular weight excluding hydrogens is 290 g/mol. The van der Waals surface area contributed by atoms with Crippen LogP contribution in [0.3, 0.4) is 0 Å². The van der Waals surface area contributed by atoms with Gasteiger partial charge in [0.05, 0.1) is 6.10 Å². The Morgan fingerprint density at radius 3 is 2.70 bits per heavy atom. The van der Waals surface area contributed by atoms with Gasteiger partial charge in [0.15, 0.2) is 11.6 Å². The predicted molar refractivity (Wildman–Crippen MR) is 93.0 cm³/mol. The fourth-order valence-corrected chi connectivity index (χ4v) is 2.61. The molecule has 0 saturated carbocycles. The lowest BCUT2D eigenvalue weighted by Crippen LogP contribution is -2.20. The molecule has 3 rings (SSSR count). The van der Waals surface area contributed by atoms with E-state index in [1.54, 1.807) is 0 Å². The topological polar surface area (TPSA) is 85.1 Å². The summed E-state index contributed by atoms with van der Waals surface area (Å²) in [6.45, 7) is 3.69. The van der Waals surface area contributed by atoms with Crippen LogP contribution >= 0.6 is 0 Å². The zero-order valence-electron chi connectivity index (χ0n) is 13.4. The molecule has 0 amide bonds. The van der Waals surface area contributed by atoms with Crippen LogP contribution in [0, 0.1) is 0 Å². The van der Waals surface area contributed by atoms with Crippen molar-refractivity contribution in [2.75, 3.05) is 29.5 Å². The van der Waals surface area contributed by atoms with Crippen molar-refractivity contribution < 1.29 is 4.74 Å². The Labute approximate surface area is 136 Å². The molecule has 2 heterocycles. The Morgan fingerprint density at radius 1 is 1.22 bits per heavy atom. The highest BCUT2D eigenvalue weighted by atomic mass is 16.5. The largest absolute Gasteiger partial charge is 0.393 e. The van der Waals surface area contributed by atoms with Crippen molar-refractivity contribution in [1.29, 1.82) is 0 Å². The van der Waals surface area contributed by atoms with Crippen LogP contribution in [-0.2, 0) is 11.2 Å². The summed E-state index contributed by atoms with van der Waals surface area (Å²) in [5, 5.41) is 6.50. The maximum absolute atomic E-state index is 6.18. The number of benzene rings is 1. The van der Waals surface area contributed by atoms with Crippen molar-refractivity contribution in [2.24, 2.45) is 0 Å². The van der Waals surface area contributed by atoms with Crippen molar-refractivity contribution in [3.63, 3.8) is 0 Å². The van der Waals surface area contributed by atoms with Crippen LogP contribution in [-0.4, -0.2) is 29.2 Å². The summed E-state index contributed by atoms with van der Waals surface area (Å²) in [6.07, 6.45) is 4.96. The van der Waals surface area contributed by atoms with Gasteiger partial charge in [0.25, 0.3) is 0 Å². The normalized spacial score (nSPS) is 17.2. The first-order chi connectivity index (χ1) is 11.3. The van der Waals surface area contributed by atoms with Crippen LogP contribution < -0.4 is 16.4 Å². The molecule has 0 aliphatic carbocycles. The highest BCUT2D eigenvalue weighted by molar-refractivity contribution is 5.77. The second kappa shape index (κ2) is 7.28. The lowest BCUT2D eigenvalue weighted by atomic mass is 10.1. The number of ether oxygens (including phenoxy) is 1. The lowest BCUT2D eigenvalue weighted by molar-refractivity contribution is 0.120. The summed E-state index contributed by atoms with van der Waals surface area (Å²) in [5.41, 5.74) is 8.95. The van der Waals surface area contributed by atoms with Crippen LogP contribution in [0.4, 0.5) is 23.0 Å². The summed E-state index contributed by atoms with van der Waals surface area (Å²) in [5.74, 6) is 1.25. The van der Waals surface area contributed by atoms with Gasteiger partial charge in [-0.25, -0.2) is 9.97 Å². The number of hydrogen-bond acceptors (Lipinski definition) is 6. The zero-order chi connectivity index (χ0) is 16.1. The van der Waals surface area contributed by atoms with Crippen LogP contribution in [0.2, 0.25) is 0 Å². The summed E-state index contributed by atoms with van der Waals surface area (Å²) >= 11 is 0. The molecule has 1 fully saturated rings. The highest BCUT2D eigenvalue weighted by Gasteiger charge is 2.16. The Balaban J connectivity index is 1.67. The van der Waals surface area contributed by atoms with Crippen molar-refractivity contribution in [3.05, 3.63) is 36.2 Å². The van der Waals surface area contributed by atoms with Gasteiger partial charge in [-0.3, -0.25) is 0 Å². The highest BCUT2D eigenvalue weighted by Crippen LogP contribution is 2.26. The minimum Gasteiger partial charge on any atom is -0.393 e. The molecule has 6 nitrogen and oxygen atoms in total. The van der Waals surface area contributed by atoms with Gasteiger partial charge in [0.1, 0.15) is 12.0 Å². The van der Waals surface area contributed by atoms with Crippen LogP contribution in [0.1, 0.15) is 25.3 Å². The number of nitrogens with zero attached hydrogens (tertiary/aromatic N) is 2. The molecule has 1 aromatic carbocycles. The molecule has 1 unspecified atom stereocenters. The Morgan fingerprint density at radius 2 is 2.00 bits per heavy atom. The van der Waals surface area contributed by atoms with Crippen LogP contribution in [0.25, 0.3) is 0 Å².